The van der Waals surface area contributed by atoms with Gasteiger partial charge in [0.15, 0.2) is 12.2 Å². The Hall–Kier alpha value is -3.35. The maximum Gasteiger partial charge on any atom is 0.328 e. The second-order valence-corrected chi connectivity index (χ2v) is 8.22. The molecule has 0 radical (unpaired) electrons. The third-order valence-corrected chi connectivity index (χ3v) is 6.24. The van der Waals surface area contributed by atoms with E-state index in [1.165, 1.54) is 4.90 Å². The lowest BCUT2D eigenvalue weighted by atomic mass is 10.1. The summed E-state index contributed by atoms with van der Waals surface area (Å²) in [4.78, 5) is 38.4. The molecule has 30 heavy (non-hydrogen) atoms. The van der Waals surface area contributed by atoms with Crippen LogP contribution >= 0.6 is 0 Å². The molecular weight excluding hydrogens is 378 g/mol. The number of amides is 3. The van der Waals surface area contributed by atoms with Gasteiger partial charge in [-0.1, -0.05) is 48.0 Å². The lowest BCUT2D eigenvalue weighted by molar-refractivity contribution is -0.137. The summed E-state index contributed by atoms with van der Waals surface area (Å²) >= 11 is 0. The molecule has 2 unspecified atom stereocenters. The number of urea groups is 1. The van der Waals surface area contributed by atoms with E-state index in [1.54, 1.807) is 11.9 Å². The molecule has 0 aromatic heterocycles. The molecule has 7 heteroatoms. The van der Waals surface area contributed by atoms with Crippen molar-refractivity contribution in [3.63, 3.8) is 0 Å². The Labute approximate surface area is 176 Å². The zero-order valence-corrected chi connectivity index (χ0v) is 17.4. The van der Waals surface area contributed by atoms with Crippen LogP contribution in [-0.4, -0.2) is 64.9 Å². The number of rotatable bonds is 3. The van der Waals surface area contributed by atoms with E-state index >= 15 is 0 Å². The standard InChI is InChI=1S/C23H25N5O2/c1-15-8-10-17(11-9-15)14-28-21(29)19-20(25(3)23(28)30)24-22-26(12-13-27(19)22)18-7-5-4-6-16(18)2/h4-11,19-20H,12-14H2,1-3H3. The maximum absolute atomic E-state index is 13.4. The van der Waals surface area contributed by atoms with E-state index in [0.29, 0.717) is 6.54 Å². The van der Waals surface area contributed by atoms with Crippen LogP contribution in [0.5, 0.6) is 0 Å². The molecule has 2 saturated heterocycles. The van der Waals surface area contributed by atoms with Crippen molar-refractivity contribution in [2.24, 2.45) is 4.99 Å². The van der Waals surface area contributed by atoms with Gasteiger partial charge in [-0.05, 0) is 31.0 Å². The van der Waals surface area contributed by atoms with Crippen molar-refractivity contribution in [3.8, 4) is 0 Å². The monoisotopic (exact) mass is 403 g/mol. The van der Waals surface area contributed by atoms with Crippen molar-refractivity contribution >= 4 is 23.6 Å². The topological polar surface area (TPSA) is 59.5 Å². The van der Waals surface area contributed by atoms with E-state index in [9.17, 15) is 9.59 Å². The Kier molecular flexibility index (Phi) is 4.27. The number of para-hydroxylation sites is 1. The molecule has 5 rings (SSSR count). The summed E-state index contributed by atoms with van der Waals surface area (Å²) in [7, 11) is 1.74. The molecule has 0 saturated carbocycles. The van der Waals surface area contributed by atoms with E-state index in [2.05, 4.69) is 28.9 Å². The summed E-state index contributed by atoms with van der Waals surface area (Å²) < 4.78 is 0. The smallest absolute Gasteiger partial charge is 0.325 e. The number of hydrogen-bond acceptors (Lipinski definition) is 5. The minimum atomic E-state index is -0.485. The molecule has 2 fully saturated rings. The Morgan fingerprint density at radius 1 is 1.00 bits per heavy atom. The Balaban J connectivity index is 1.44. The van der Waals surface area contributed by atoms with Gasteiger partial charge in [-0.15, -0.1) is 0 Å². The van der Waals surface area contributed by atoms with Gasteiger partial charge in [0, 0.05) is 25.8 Å². The number of benzene rings is 2. The van der Waals surface area contributed by atoms with Gasteiger partial charge < -0.3 is 14.7 Å². The van der Waals surface area contributed by atoms with Gasteiger partial charge >= 0.3 is 6.03 Å². The van der Waals surface area contributed by atoms with E-state index in [1.807, 2.05) is 43.3 Å². The number of fused-ring (bicyclic) bond motifs is 3. The van der Waals surface area contributed by atoms with Gasteiger partial charge in [-0.2, -0.15) is 0 Å². The third kappa shape index (κ3) is 2.76. The van der Waals surface area contributed by atoms with Crippen LogP contribution in [0.15, 0.2) is 53.5 Å². The van der Waals surface area contributed by atoms with Gasteiger partial charge in [0.2, 0.25) is 5.96 Å². The molecule has 2 aromatic carbocycles. The molecular formula is C23H25N5O2. The first kappa shape index (κ1) is 18.7. The number of carbonyl (C=O) groups is 2. The summed E-state index contributed by atoms with van der Waals surface area (Å²) in [6.45, 7) is 5.85. The number of aryl methyl sites for hydroxylation is 2. The average Bonchev–Trinajstić information content (AvgIpc) is 3.31. The van der Waals surface area contributed by atoms with Crippen LogP contribution in [-0.2, 0) is 11.3 Å². The number of imide groups is 1. The number of carbonyl (C=O) groups excluding carboxylic acids is 2. The van der Waals surface area contributed by atoms with Crippen LogP contribution in [0.2, 0.25) is 0 Å². The zero-order valence-electron chi connectivity index (χ0n) is 17.4. The van der Waals surface area contributed by atoms with Crippen molar-refractivity contribution in [1.29, 1.82) is 0 Å². The molecule has 3 heterocycles. The molecule has 0 bridgehead atoms. The largest absolute Gasteiger partial charge is 0.328 e. The quantitative estimate of drug-likeness (QED) is 0.791. The predicted octanol–water partition coefficient (Wildman–Crippen LogP) is 2.58. The number of nitrogens with zero attached hydrogens (tertiary/aromatic N) is 5. The molecule has 2 aromatic rings. The van der Waals surface area contributed by atoms with Gasteiger partial charge in [-0.25, -0.2) is 9.79 Å². The highest BCUT2D eigenvalue weighted by molar-refractivity contribution is 6.08. The van der Waals surface area contributed by atoms with Crippen LogP contribution < -0.4 is 4.90 Å². The molecule has 3 aliphatic heterocycles. The summed E-state index contributed by atoms with van der Waals surface area (Å²) in [6.07, 6.45) is -0.485. The number of anilines is 1. The summed E-state index contributed by atoms with van der Waals surface area (Å²) in [5.41, 5.74) is 4.34. The van der Waals surface area contributed by atoms with E-state index in [4.69, 9.17) is 4.99 Å². The SMILES string of the molecule is Cc1ccc(CN2C(=O)C3C(N=C4N(c5ccccc5C)CCN43)N(C)C2=O)cc1. The van der Waals surface area contributed by atoms with Crippen molar-refractivity contribution in [2.75, 3.05) is 25.0 Å². The lowest BCUT2D eigenvalue weighted by Gasteiger charge is -2.40. The first-order valence-corrected chi connectivity index (χ1v) is 10.3. The molecule has 3 amide bonds. The van der Waals surface area contributed by atoms with Crippen LogP contribution in [0, 0.1) is 13.8 Å². The molecule has 7 nitrogen and oxygen atoms in total. The van der Waals surface area contributed by atoms with Crippen LogP contribution in [0.25, 0.3) is 0 Å². The number of aliphatic imine (C=N–C) groups is 1. The Morgan fingerprint density at radius 2 is 1.73 bits per heavy atom. The molecule has 3 aliphatic rings. The van der Waals surface area contributed by atoms with Crippen LogP contribution in [0.4, 0.5) is 10.5 Å². The summed E-state index contributed by atoms with van der Waals surface area (Å²) in [6, 6.07) is 15.3. The highest BCUT2D eigenvalue weighted by Crippen LogP contribution is 2.34. The molecule has 0 aliphatic carbocycles. The fraction of sp³-hybridized carbons (Fsp3) is 0.348. The predicted molar refractivity (Wildman–Crippen MR) is 115 cm³/mol. The van der Waals surface area contributed by atoms with Gasteiger partial charge in [0.25, 0.3) is 5.91 Å². The second kappa shape index (κ2) is 6.86. The minimum absolute atomic E-state index is 0.172. The highest BCUT2D eigenvalue weighted by atomic mass is 16.2. The fourth-order valence-electron chi connectivity index (χ4n) is 4.55. The van der Waals surface area contributed by atoms with Crippen molar-refractivity contribution in [1.82, 2.24) is 14.7 Å². The average molecular weight is 403 g/mol. The minimum Gasteiger partial charge on any atom is -0.325 e. The molecule has 0 N–H and O–H groups in total. The number of hydrogen-bond donors (Lipinski definition) is 0. The Morgan fingerprint density at radius 3 is 2.47 bits per heavy atom. The van der Waals surface area contributed by atoms with Crippen molar-refractivity contribution in [2.45, 2.75) is 32.6 Å². The van der Waals surface area contributed by atoms with Crippen LogP contribution in [0.3, 0.4) is 0 Å². The first-order chi connectivity index (χ1) is 14.5. The number of guanidine groups is 1. The highest BCUT2D eigenvalue weighted by Gasteiger charge is 2.54. The maximum atomic E-state index is 13.4. The van der Waals surface area contributed by atoms with Crippen molar-refractivity contribution < 1.29 is 9.59 Å². The van der Waals surface area contributed by atoms with Gasteiger partial charge in [0.1, 0.15) is 0 Å². The summed E-state index contributed by atoms with van der Waals surface area (Å²) in [5, 5.41) is 0. The van der Waals surface area contributed by atoms with Crippen molar-refractivity contribution in [3.05, 3.63) is 65.2 Å². The molecule has 0 spiro atoms. The van der Waals surface area contributed by atoms with Gasteiger partial charge in [-0.3, -0.25) is 9.69 Å². The first-order valence-electron chi connectivity index (χ1n) is 10.3. The number of likely N-dealkylation sites (N-methyl/N-ethyl adjacent to an activating group) is 1. The summed E-state index contributed by atoms with van der Waals surface area (Å²) in [5.74, 6) is 0.610. The van der Waals surface area contributed by atoms with Gasteiger partial charge in [0.05, 0.1) is 6.54 Å². The molecule has 154 valence electrons. The Bertz CT molecular complexity index is 1050. The zero-order chi connectivity index (χ0) is 21.0. The lowest BCUT2D eigenvalue weighted by Crippen LogP contribution is -2.64. The second-order valence-electron chi connectivity index (χ2n) is 8.22. The normalized spacial score (nSPS) is 23.1. The molecule has 2 atom stereocenters. The van der Waals surface area contributed by atoms with E-state index in [-0.39, 0.29) is 18.5 Å². The van der Waals surface area contributed by atoms with E-state index in [0.717, 1.165) is 34.9 Å². The fourth-order valence-corrected chi connectivity index (χ4v) is 4.55. The third-order valence-electron chi connectivity index (χ3n) is 6.24. The van der Waals surface area contributed by atoms with Crippen LogP contribution in [0.1, 0.15) is 16.7 Å². The van der Waals surface area contributed by atoms with E-state index < -0.39 is 12.2 Å².